The summed E-state index contributed by atoms with van der Waals surface area (Å²) in [5, 5.41) is 1.15. The molecule has 2 aromatic carbocycles. The van der Waals surface area contributed by atoms with Gasteiger partial charge in [0.15, 0.2) is 5.78 Å². The van der Waals surface area contributed by atoms with Crippen LogP contribution < -0.4 is 0 Å². The summed E-state index contributed by atoms with van der Waals surface area (Å²) in [4.78, 5) is 15.3. The Morgan fingerprint density at radius 2 is 1.53 bits per heavy atom. The van der Waals surface area contributed by atoms with E-state index in [-0.39, 0.29) is 5.78 Å². The van der Waals surface area contributed by atoms with Crippen LogP contribution in [0.15, 0.2) is 60.8 Å². The topological polar surface area (TPSA) is 32.9 Å². The Morgan fingerprint density at radius 1 is 0.789 bits per heavy atom. The summed E-state index contributed by atoms with van der Waals surface area (Å²) in [7, 11) is 0. The lowest BCUT2D eigenvalue weighted by Crippen LogP contribution is -1.90. The zero-order valence-corrected chi connectivity index (χ0v) is 10.2. The summed E-state index contributed by atoms with van der Waals surface area (Å²) < 4.78 is 0. The van der Waals surface area contributed by atoms with E-state index in [0.717, 1.165) is 33.2 Å². The number of nitrogens with one attached hydrogen (secondary N) is 1. The van der Waals surface area contributed by atoms with E-state index in [2.05, 4.69) is 11.1 Å². The van der Waals surface area contributed by atoms with Gasteiger partial charge in [-0.05, 0) is 23.3 Å². The van der Waals surface area contributed by atoms with Gasteiger partial charge in [0.2, 0.25) is 0 Å². The Hall–Kier alpha value is -2.61. The molecule has 0 fully saturated rings. The molecule has 0 spiro atoms. The minimum absolute atomic E-state index is 0.0934. The number of rotatable bonds is 1. The third kappa shape index (κ3) is 1.40. The lowest BCUT2D eigenvalue weighted by atomic mass is 9.99. The molecule has 2 heteroatoms. The molecule has 3 aromatic rings. The number of carbonyl (C=O) groups is 1. The molecule has 0 amide bonds. The van der Waals surface area contributed by atoms with Crippen LogP contribution in [0.1, 0.15) is 21.5 Å². The van der Waals surface area contributed by atoms with Gasteiger partial charge in [0, 0.05) is 28.2 Å². The number of carbonyl (C=O) groups excluding carboxylic acids is 1. The number of hydrogen-bond donors (Lipinski definition) is 1. The van der Waals surface area contributed by atoms with Crippen molar-refractivity contribution in [3.05, 3.63) is 77.5 Å². The standard InChI is InChI=1S/C17H11NO/c19-17-9-14(11-5-1-2-7-13(11)17)15-10-18-16-8-4-3-6-12(15)16/h1-10,18H. The van der Waals surface area contributed by atoms with Crippen molar-refractivity contribution in [1.29, 1.82) is 0 Å². The van der Waals surface area contributed by atoms with E-state index in [1.54, 1.807) is 6.08 Å². The van der Waals surface area contributed by atoms with Crippen molar-refractivity contribution >= 4 is 22.3 Å². The molecule has 0 saturated carbocycles. The molecular weight excluding hydrogens is 234 g/mol. The molecule has 1 aliphatic carbocycles. The van der Waals surface area contributed by atoms with Gasteiger partial charge in [0.25, 0.3) is 0 Å². The van der Waals surface area contributed by atoms with Crippen LogP contribution >= 0.6 is 0 Å². The fourth-order valence-electron chi connectivity index (χ4n) is 2.74. The third-order valence-electron chi connectivity index (χ3n) is 3.64. The van der Waals surface area contributed by atoms with Crippen molar-refractivity contribution in [3.8, 4) is 0 Å². The zero-order chi connectivity index (χ0) is 12.8. The average molecular weight is 245 g/mol. The molecule has 0 unspecified atom stereocenters. The van der Waals surface area contributed by atoms with E-state index in [9.17, 15) is 4.79 Å². The normalized spacial score (nSPS) is 13.7. The van der Waals surface area contributed by atoms with E-state index in [1.165, 1.54) is 0 Å². The minimum atomic E-state index is 0.0934. The van der Waals surface area contributed by atoms with Crippen LogP contribution in [0.25, 0.3) is 16.5 Å². The zero-order valence-electron chi connectivity index (χ0n) is 10.2. The molecule has 0 saturated heterocycles. The first-order chi connectivity index (χ1) is 9.34. The van der Waals surface area contributed by atoms with Crippen LogP contribution in [0.5, 0.6) is 0 Å². The van der Waals surface area contributed by atoms with Gasteiger partial charge in [-0.3, -0.25) is 4.79 Å². The second kappa shape index (κ2) is 3.69. The molecule has 2 nitrogen and oxygen atoms in total. The van der Waals surface area contributed by atoms with Crippen LogP contribution in [0, 0.1) is 0 Å². The highest BCUT2D eigenvalue weighted by Crippen LogP contribution is 2.35. The number of allylic oxidation sites excluding steroid dienone is 1. The summed E-state index contributed by atoms with van der Waals surface area (Å²) >= 11 is 0. The number of para-hydroxylation sites is 1. The number of fused-ring (bicyclic) bond motifs is 2. The first-order valence-corrected chi connectivity index (χ1v) is 6.26. The van der Waals surface area contributed by atoms with E-state index < -0.39 is 0 Å². The maximum atomic E-state index is 12.0. The summed E-state index contributed by atoms with van der Waals surface area (Å²) in [6.45, 7) is 0. The highest BCUT2D eigenvalue weighted by molar-refractivity contribution is 6.20. The number of ketones is 1. The van der Waals surface area contributed by atoms with Crippen LogP contribution in [0.2, 0.25) is 0 Å². The van der Waals surface area contributed by atoms with Gasteiger partial charge >= 0.3 is 0 Å². The number of aromatic nitrogens is 1. The van der Waals surface area contributed by atoms with Crippen molar-refractivity contribution in [2.24, 2.45) is 0 Å². The predicted molar refractivity (Wildman–Crippen MR) is 76.2 cm³/mol. The van der Waals surface area contributed by atoms with Crippen molar-refractivity contribution in [3.63, 3.8) is 0 Å². The molecular formula is C17H11NO. The van der Waals surface area contributed by atoms with E-state index in [0.29, 0.717) is 0 Å². The number of aromatic amines is 1. The molecule has 1 heterocycles. The van der Waals surface area contributed by atoms with Gasteiger partial charge in [-0.2, -0.15) is 0 Å². The summed E-state index contributed by atoms with van der Waals surface area (Å²) in [5.74, 6) is 0.0934. The number of hydrogen-bond acceptors (Lipinski definition) is 1. The molecule has 0 radical (unpaired) electrons. The van der Waals surface area contributed by atoms with E-state index >= 15 is 0 Å². The van der Waals surface area contributed by atoms with Crippen LogP contribution in [-0.4, -0.2) is 10.8 Å². The van der Waals surface area contributed by atoms with Crippen LogP contribution in [0.3, 0.4) is 0 Å². The highest BCUT2D eigenvalue weighted by atomic mass is 16.1. The molecule has 0 aliphatic heterocycles. The van der Waals surface area contributed by atoms with E-state index in [4.69, 9.17) is 0 Å². The average Bonchev–Trinajstić information content (AvgIpc) is 3.01. The first kappa shape index (κ1) is 10.3. The fourth-order valence-corrected chi connectivity index (χ4v) is 2.74. The van der Waals surface area contributed by atoms with Gasteiger partial charge in [-0.15, -0.1) is 0 Å². The first-order valence-electron chi connectivity index (χ1n) is 6.26. The van der Waals surface area contributed by atoms with Gasteiger partial charge in [0.1, 0.15) is 0 Å². The Kier molecular flexibility index (Phi) is 2.00. The Balaban J connectivity index is 2.00. The maximum absolute atomic E-state index is 12.0. The summed E-state index contributed by atoms with van der Waals surface area (Å²) in [6, 6.07) is 15.9. The van der Waals surface area contributed by atoms with Crippen LogP contribution in [-0.2, 0) is 0 Å². The van der Waals surface area contributed by atoms with Crippen LogP contribution in [0.4, 0.5) is 0 Å². The van der Waals surface area contributed by atoms with Gasteiger partial charge in [0.05, 0.1) is 0 Å². The van der Waals surface area contributed by atoms with Crippen molar-refractivity contribution in [1.82, 2.24) is 4.98 Å². The second-order valence-corrected chi connectivity index (χ2v) is 4.72. The van der Waals surface area contributed by atoms with Crippen molar-refractivity contribution in [2.45, 2.75) is 0 Å². The molecule has 4 rings (SSSR count). The SMILES string of the molecule is O=C1C=C(c2c[nH]c3ccccc23)c2ccccc21. The highest BCUT2D eigenvalue weighted by Gasteiger charge is 2.22. The fraction of sp³-hybridized carbons (Fsp3) is 0. The third-order valence-corrected chi connectivity index (χ3v) is 3.64. The molecule has 1 aliphatic rings. The maximum Gasteiger partial charge on any atom is 0.187 e. The molecule has 1 aromatic heterocycles. The quantitative estimate of drug-likeness (QED) is 0.695. The van der Waals surface area contributed by atoms with Crippen molar-refractivity contribution < 1.29 is 4.79 Å². The molecule has 90 valence electrons. The van der Waals surface area contributed by atoms with Crippen molar-refractivity contribution in [2.75, 3.05) is 0 Å². The largest absolute Gasteiger partial charge is 0.361 e. The Morgan fingerprint density at radius 3 is 2.42 bits per heavy atom. The lowest BCUT2D eigenvalue weighted by Gasteiger charge is -2.03. The lowest BCUT2D eigenvalue weighted by molar-refractivity contribution is 0.105. The Bertz CT molecular complexity index is 839. The molecule has 0 atom stereocenters. The van der Waals surface area contributed by atoms with Gasteiger partial charge in [-0.25, -0.2) is 0 Å². The number of benzene rings is 2. The second-order valence-electron chi connectivity index (χ2n) is 4.72. The summed E-state index contributed by atoms with van der Waals surface area (Å²) in [6.07, 6.45) is 3.71. The van der Waals surface area contributed by atoms with Gasteiger partial charge < -0.3 is 4.98 Å². The number of H-pyrrole nitrogens is 1. The summed E-state index contributed by atoms with van der Waals surface area (Å²) in [5.41, 5.74) is 5.02. The van der Waals surface area contributed by atoms with Gasteiger partial charge in [-0.1, -0.05) is 42.5 Å². The minimum Gasteiger partial charge on any atom is -0.361 e. The molecule has 1 N–H and O–H groups in total. The predicted octanol–water partition coefficient (Wildman–Crippen LogP) is 3.80. The monoisotopic (exact) mass is 245 g/mol. The van der Waals surface area contributed by atoms with E-state index in [1.807, 2.05) is 48.7 Å². The molecule has 19 heavy (non-hydrogen) atoms. The Labute approximate surface area is 110 Å². The molecule has 0 bridgehead atoms. The smallest absolute Gasteiger partial charge is 0.187 e.